The molecule has 0 bridgehead atoms. The summed E-state index contributed by atoms with van der Waals surface area (Å²) in [5.74, 6) is 0.502. The number of rotatable bonds is 9. The molecule has 1 atom stereocenters. The van der Waals surface area contributed by atoms with Gasteiger partial charge in [0.25, 0.3) is 5.91 Å². The maximum Gasteiger partial charge on any atom is 0.251 e. The van der Waals surface area contributed by atoms with Gasteiger partial charge in [0.05, 0.1) is 31.1 Å². The number of hydrogen-bond donors (Lipinski definition) is 1. The molecule has 34 heavy (non-hydrogen) atoms. The van der Waals surface area contributed by atoms with Crippen molar-refractivity contribution in [2.75, 3.05) is 17.2 Å². The van der Waals surface area contributed by atoms with Crippen LogP contribution in [-0.2, 0) is 16.6 Å². The van der Waals surface area contributed by atoms with Gasteiger partial charge in [0.2, 0.25) is 10.0 Å². The van der Waals surface area contributed by atoms with Crippen LogP contribution in [0.5, 0.6) is 5.75 Å². The van der Waals surface area contributed by atoms with Crippen molar-refractivity contribution in [3.63, 3.8) is 0 Å². The zero-order valence-corrected chi connectivity index (χ0v) is 21.4. The summed E-state index contributed by atoms with van der Waals surface area (Å²) in [6.07, 6.45) is 1.11. The Morgan fingerprint density at radius 3 is 2.12 bits per heavy atom. The van der Waals surface area contributed by atoms with Crippen LogP contribution in [0.2, 0.25) is 10.0 Å². The normalized spacial score (nSPS) is 12.1. The zero-order valence-electron chi connectivity index (χ0n) is 19.1. The fraction of sp³-hybridized carbons (Fsp3) is 0.240. The molecule has 0 saturated carbocycles. The van der Waals surface area contributed by atoms with E-state index in [2.05, 4.69) is 5.32 Å². The van der Waals surface area contributed by atoms with Gasteiger partial charge < -0.3 is 10.1 Å². The lowest BCUT2D eigenvalue weighted by Gasteiger charge is -2.24. The number of carbonyl (C=O) groups is 1. The maximum atomic E-state index is 12.8. The van der Waals surface area contributed by atoms with E-state index in [-0.39, 0.29) is 18.5 Å². The minimum absolute atomic E-state index is 0.0301. The van der Waals surface area contributed by atoms with Crippen molar-refractivity contribution < 1.29 is 17.9 Å². The summed E-state index contributed by atoms with van der Waals surface area (Å²) < 4.78 is 31.6. The Hall–Kier alpha value is -2.74. The van der Waals surface area contributed by atoms with E-state index in [1.54, 1.807) is 42.5 Å². The standard InChI is InChI=1S/C25H26Cl2N2O4S/c1-4-33-21-14-10-18(11-15-21)17(2)28-25(30)19-8-12-20(13-9-19)29(34(3,31)32)16-22-23(26)6-5-7-24(22)27/h5-15,17H,4,16H2,1-3H3,(H,28,30)/t17-/m1/s1. The van der Waals surface area contributed by atoms with E-state index in [9.17, 15) is 13.2 Å². The number of hydrogen-bond acceptors (Lipinski definition) is 4. The van der Waals surface area contributed by atoms with Gasteiger partial charge in [0, 0.05) is 21.2 Å². The molecule has 0 aromatic heterocycles. The van der Waals surface area contributed by atoms with E-state index in [0.717, 1.165) is 17.6 Å². The summed E-state index contributed by atoms with van der Waals surface area (Å²) in [7, 11) is -3.64. The topological polar surface area (TPSA) is 75.7 Å². The summed E-state index contributed by atoms with van der Waals surface area (Å²) in [5.41, 5.74) is 2.25. The number of carbonyl (C=O) groups excluding carboxylic acids is 1. The van der Waals surface area contributed by atoms with Crippen LogP contribution in [-0.4, -0.2) is 27.2 Å². The Morgan fingerprint density at radius 2 is 1.59 bits per heavy atom. The molecule has 0 aliphatic heterocycles. The van der Waals surface area contributed by atoms with Crippen LogP contribution in [0.4, 0.5) is 5.69 Å². The molecule has 3 aromatic carbocycles. The fourth-order valence-corrected chi connectivity index (χ4v) is 4.77. The Labute approximate surface area is 210 Å². The molecule has 3 aromatic rings. The lowest BCUT2D eigenvalue weighted by Crippen LogP contribution is -2.30. The van der Waals surface area contributed by atoms with Crippen LogP contribution in [0.15, 0.2) is 66.7 Å². The molecule has 6 nitrogen and oxygen atoms in total. The summed E-state index contributed by atoms with van der Waals surface area (Å²) in [6, 6.07) is 18.7. The van der Waals surface area contributed by atoms with E-state index in [4.69, 9.17) is 27.9 Å². The summed E-state index contributed by atoms with van der Waals surface area (Å²) in [6.45, 7) is 4.37. The van der Waals surface area contributed by atoms with E-state index < -0.39 is 10.0 Å². The third-order valence-corrected chi connectivity index (χ3v) is 7.07. The van der Waals surface area contributed by atoms with Crippen molar-refractivity contribution >= 4 is 44.8 Å². The first-order chi connectivity index (χ1) is 16.1. The van der Waals surface area contributed by atoms with Crippen molar-refractivity contribution in [1.29, 1.82) is 0 Å². The molecule has 1 amide bonds. The molecule has 180 valence electrons. The van der Waals surface area contributed by atoms with Gasteiger partial charge in [-0.3, -0.25) is 9.10 Å². The predicted octanol–water partition coefficient (Wildman–Crippen LogP) is 5.85. The van der Waals surface area contributed by atoms with Crippen LogP contribution < -0.4 is 14.4 Å². The highest BCUT2D eigenvalue weighted by atomic mass is 35.5. The highest BCUT2D eigenvalue weighted by Crippen LogP contribution is 2.29. The van der Waals surface area contributed by atoms with Crippen molar-refractivity contribution in [1.82, 2.24) is 5.32 Å². The van der Waals surface area contributed by atoms with E-state index in [1.165, 1.54) is 4.31 Å². The third kappa shape index (κ3) is 6.44. The molecule has 0 fully saturated rings. The number of anilines is 1. The largest absolute Gasteiger partial charge is 0.494 e. The predicted molar refractivity (Wildman–Crippen MR) is 137 cm³/mol. The van der Waals surface area contributed by atoms with Gasteiger partial charge in [0.15, 0.2) is 0 Å². The number of amides is 1. The second-order valence-electron chi connectivity index (χ2n) is 7.71. The monoisotopic (exact) mass is 520 g/mol. The number of halogens is 2. The SMILES string of the molecule is CCOc1ccc([C@@H](C)NC(=O)c2ccc(N(Cc3c(Cl)cccc3Cl)S(C)(=O)=O)cc2)cc1. The van der Waals surface area contributed by atoms with Gasteiger partial charge in [-0.25, -0.2) is 8.42 Å². The number of ether oxygens (including phenoxy) is 1. The summed E-state index contributed by atoms with van der Waals surface area (Å²) in [5, 5.41) is 3.70. The second kappa shape index (κ2) is 11.1. The Morgan fingerprint density at radius 1 is 1.00 bits per heavy atom. The maximum absolute atomic E-state index is 12.8. The lowest BCUT2D eigenvalue weighted by molar-refractivity contribution is 0.0940. The van der Waals surface area contributed by atoms with Gasteiger partial charge in [-0.2, -0.15) is 0 Å². The Bertz CT molecular complexity index is 1230. The molecule has 9 heteroatoms. The van der Waals surface area contributed by atoms with Gasteiger partial charge in [-0.15, -0.1) is 0 Å². The van der Waals surface area contributed by atoms with Crippen molar-refractivity contribution in [3.8, 4) is 5.75 Å². The van der Waals surface area contributed by atoms with E-state index in [1.807, 2.05) is 38.1 Å². The van der Waals surface area contributed by atoms with Crippen LogP contribution in [0.25, 0.3) is 0 Å². The van der Waals surface area contributed by atoms with Crippen molar-refractivity contribution in [3.05, 3.63) is 93.5 Å². The van der Waals surface area contributed by atoms with Crippen LogP contribution in [0.1, 0.15) is 41.4 Å². The molecule has 0 unspecified atom stereocenters. The molecule has 0 aliphatic rings. The van der Waals surface area contributed by atoms with E-state index >= 15 is 0 Å². The first-order valence-corrected chi connectivity index (χ1v) is 13.2. The van der Waals surface area contributed by atoms with Crippen molar-refractivity contribution in [2.45, 2.75) is 26.4 Å². The zero-order chi connectivity index (χ0) is 24.9. The Balaban J connectivity index is 1.75. The molecule has 0 heterocycles. The lowest BCUT2D eigenvalue weighted by atomic mass is 10.1. The average molecular weight is 521 g/mol. The molecule has 1 N–H and O–H groups in total. The number of nitrogens with one attached hydrogen (secondary N) is 1. The highest BCUT2D eigenvalue weighted by molar-refractivity contribution is 7.92. The molecular formula is C25H26Cl2N2O4S. The summed E-state index contributed by atoms with van der Waals surface area (Å²) in [4.78, 5) is 12.8. The molecular weight excluding hydrogens is 495 g/mol. The van der Waals surface area contributed by atoms with Gasteiger partial charge in [-0.05, 0) is 67.9 Å². The van der Waals surface area contributed by atoms with Crippen molar-refractivity contribution in [2.24, 2.45) is 0 Å². The Kier molecular flexibility index (Phi) is 8.47. The second-order valence-corrected chi connectivity index (χ2v) is 10.4. The van der Waals surface area contributed by atoms with Crippen LogP contribution >= 0.6 is 23.2 Å². The third-order valence-electron chi connectivity index (χ3n) is 5.22. The van der Waals surface area contributed by atoms with Crippen LogP contribution in [0, 0.1) is 0 Å². The molecule has 0 radical (unpaired) electrons. The first-order valence-electron chi connectivity index (χ1n) is 10.6. The molecule has 0 spiro atoms. The number of sulfonamides is 1. The quantitative estimate of drug-likeness (QED) is 0.383. The molecule has 0 saturated heterocycles. The number of nitrogens with zero attached hydrogens (tertiary/aromatic N) is 1. The van der Waals surface area contributed by atoms with Crippen LogP contribution in [0.3, 0.4) is 0 Å². The number of benzene rings is 3. The molecule has 0 aliphatic carbocycles. The first kappa shape index (κ1) is 25.9. The minimum Gasteiger partial charge on any atom is -0.494 e. The average Bonchev–Trinajstić information content (AvgIpc) is 2.79. The van der Waals surface area contributed by atoms with Gasteiger partial charge in [0.1, 0.15) is 5.75 Å². The minimum atomic E-state index is -3.64. The van der Waals surface area contributed by atoms with Gasteiger partial charge >= 0.3 is 0 Å². The van der Waals surface area contributed by atoms with E-state index in [0.29, 0.717) is 33.5 Å². The van der Waals surface area contributed by atoms with Gasteiger partial charge in [-0.1, -0.05) is 41.4 Å². The fourth-order valence-electron chi connectivity index (χ4n) is 3.39. The molecule has 3 rings (SSSR count). The summed E-state index contributed by atoms with van der Waals surface area (Å²) >= 11 is 12.5. The highest BCUT2D eigenvalue weighted by Gasteiger charge is 2.21. The smallest absolute Gasteiger partial charge is 0.251 e.